The molecule has 0 bridgehead atoms. The number of aliphatic hydroxyl groups is 1. The van der Waals surface area contributed by atoms with Crippen LogP contribution in [0.15, 0.2) is 18.2 Å². The van der Waals surface area contributed by atoms with Crippen molar-refractivity contribution in [3.63, 3.8) is 0 Å². The maximum absolute atomic E-state index is 8.76. The zero-order chi connectivity index (χ0) is 13.5. The fourth-order valence-electron chi connectivity index (χ4n) is 2.35. The highest BCUT2D eigenvalue weighted by Crippen LogP contribution is 2.20. The smallest absolute Gasteiger partial charge is 0.130 e. The average molecular weight is 265 g/mol. The van der Waals surface area contributed by atoms with Gasteiger partial charge in [0.1, 0.15) is 11.6 Å². The van der Waals surface area contributed by atoms with E-state index in [2.05, 4.69) is 28.2 Å². The maximum Gasteiger partial charge on any atom is 0.130 e. The third-order valence-electron chi connectivity index (χ3n) is 3.30. The van der Waals surface area contributed by atoms with Gasteiger partial charge in [0, 0.05) is 19.6 Å². The summed E-state index contributed by atoms with van der Waals surface area (Å²) in [4.78, 5) is 6.90. The molecule has 1 aromatic heterocycles. The van der Waals surface area contributed by atoms with Crippen molar-refractivity contribution in [1.82, 2.24) is 4.98 Å². The monoisotopic (exact) mass is 265 g/mol. The van der Waals surface area contributed by atoms with E-state index in [1.807, 2.05) is 12.1 Å². The number of aromatic nitrogens is 1. The Kier molecular flexibility index (Phi) is 5.42. The van der Waals surface area contributed by atoms with Gasteiger partial charge in [-0.15, -0.1) is 0 Å². The summed E-state index contributed by atoms with van der Waals surface area (Å²) in [5, 5.41) is 12.0. The highest BCUT2D eigenvalue weighted by atomic mass is 16.5. The Hall–Kier alpha value is -1.33. The molecule has 2 rings (SSSR count). The summed E-state index contributed by atoms with van der Waals surface area (Å²) < 4.78 is 5.57. The van der Waals surface area contributed by atoms with E-state index in [1.54, 1.807) is 0 Å². The zero-order valence-corrected chi connectivity index (χ0v) is 11.5. The van der Waals surface area contributed by atoms with Gasteiger partial charge < -0.3 is 20.1 Å². The van der Waals surface area contributed by atoms with Gasteiger partial charge in [-0.1, -0.05) is 6.07 Å². The van der Waals surface area contributed by atoms with Crippen LogP contribution in [0.5, 0.6) is 0 Å². The molecule has 19 heavy (non-hydrogen) atoms. The van der Waals surface area contributed by atoms with Gasteiger partial charge in [-0.2, -0.15) is 0 Å². The van der Waals surface area contributed by atoms with E-state index in [0.717, 1.165) is 44.1 Å². The fraction of sp³-hybridized carbons (Fsp3) is 0.643. The number of ether oxygens (including phenoxy) is 1. The minimum Gasteiger partial charge on any atom is -0.394 e. The number of hydrogen-bond acceptors (Lipinski definition) is 5. The number of rotatable bonds is 6. The van der Waals surface area contributed by atoms with Crippen LogP contribution >= 0.6 is 0 Å². The van der Waals surface area contributed by atoms with Gasteiger partial charge in [-0.05, 0) is 31.9 Å². The zero-order valence-electron chi connectivity index (χ0n) is 11.5. The molecule has 0 amide bonds. The largest absolute Gasteiger partial charge is 0.394 e. The summed E-state index contributed by atoms with van der Waals surface area (Å²) in [6.45, 7) is 5.41. The van der Waals surface area contributed by atoms with Crippen LogP contribution in [0.1, 0.15) is 19.8 Å². The normalized spacial score (nSPS) is 16.6. The van der Waals surface area contributed by atoms with Gasteiger partial charge in [-0.25, -0.2) is 4.98 Å². The van der Waals surface area contributed by atoms with Crippen LogP contribution in [0.4, 0.5) is 11.6 Å². The lowest BCUT2D eigenvalue weighted by Crippen LogP contribution is -2.37. The first-order valence-corrected chi connectivity index (χ1v) is 7.02. The van der Waals surface area contributed by atoms with Crippen LogP contribution in [0.25, 0.3) is 0 Å². The van der Waals surface area contributed by atoms with Gasteiger partial charge >= 0.3 is 0 Å². The van der Waals surface area contributed by atoms with E-state index in [-0.39, 0.29) is 12.7 Å². The molecule has 1 saturated heterocycles. The van der Waals surface area contributed by atoms with Crippen LogP contribution in [0.3, 0.4) is 0 Å². The van der Waals surface area contributed by atoms with Crippen molar-refractivity contribution in [2.24, 2.45) is 0 Å². The van der Waals surface area contributed by atoms with Crippen molar-refractivity contribution >= 4 is 11.6 Å². The summed E-state index contributed by atoms with van der Waals surface area (Å²) >= 11 is 0. The average Bonchev–Trinajstić information content (AvgIpc) is 2.46. The summed E-state index contributed by atoms with van der Waals surface area (Å²) in [5.41, 5.74) is 0. The Morgan fingerprint density at radius 1 is 1.42 bits per heavy atom. The molecule has 1 aromatic rings. The molecule has 0 aliphatic carbocycles. The van der Waals surface area contributed by atoms with Crippen molar-refractivity contribution in [3.05, 3.63) is 18.2 Å². The molecule has 1 fully saturated rings. The molecule has 0 atom stereocenters. The lowest BCUT2D eigenvalue weighted by atomic mass is 10.1. The molecular weight excluding hydrogens is 242 g/mol. The predicted octanol–water partition coefficient (Wildman–Crippen LogP) is 1.49. The predicted molar refractivity (Wildman–Crippen MR) is 76.7 cm³/mol. The van der Waals surface area contributed by atoms with E-state index in [1.165, 1.54) is 0 Å². The van der Waals surface area contributed by atoms with Gasteiger partial charge in [-0.3, -0.25) is 0 Å². The molecule has 0 unspecified atom stereocenters. The van der Waals surface area contributed by atoms with Gasteiger partial charge in [0.15, 0.2) is 0 Å². The van der Waals surface area contributed by atoms with E-state index in [0.29, 0.717) is 6.61 Å². The van der Waals surface area contributed by atoms with Crippen LogP contribution in [-0.2, 0) is 4.74 Å². The minimum absolute atomic E-state index is 0.104. The number of piperidine rings is 1. The molecule has 2 N–H and O–H groups in total. The molecule has 0 saturated carbocycles. The Labute approximate surface area is 114 Å². The standard InChI is InChI=1S/C14H23N3O2/c1-2-15-13-4-3-5-14(16-13)17-8-6-12(7-9-17)19-11-10-18/h3-5,12,18H,2,6-11H2,1H3,(H,15,16). The number of hydrogen-bond donors (Lipinski definition) is 2. The number of nitrogens with zero attached hydrogens (tertiary/aromatic N) is 2. The third kappa shape index (κ3) is 4.08. The van der Waals surface area contributed by atoms with Crippen LogP contribution < -0.4 is 10.2 Å². The van der Waals surface area contributed by atoms with Gasteiger partial charge in [0.05, 0.1) is 19.3 Å². The van der Waals surface area contributed by atoms with Crippen LogP contribution in [-0.4, -0.2) is 49.0 Å². The second-order valence-electron chi connectivity index (χ2n) is 4.69. The molecule has 5 heteroatoms. The van der Waals surface area contributed by atoms with Crippen molar-refractivity contribution in [1.29, 1.82) is 0 Å². The second kappa shape index (κ2) is 7.31. The molecule has 2 heterocycles. The van der Waals surface area contributed by atoms with E-state index in [9.17, 15) is 0 Å². The molecule has 5 nitrogen and oxygen atoms in total. The van der Waals surface area contributed by atoms with Crippen molar-refractivity contribution in [3.8, 4) is 0 Å². The minimum atomic E-state index is 0.104. The Balaban J connectivity index is 1.88. The molecule has 106 valence electrons. The summed E-state index contributed by atoms with van der Waals surface area (Å²) in [5.74, 6) is 1.96. The SMILES string of the molecule is CCNc1cccc(N2CCC(OCCO)CC2)n1. The molecule has 1 aliphatic rings. The Morgan fingerprint density at radius 2 is 2.21 bits per heavy atom. The summed E-state index contributed by atoms with van der Waals surface area (Å²) in [6.07, 6.45) is 2.26. The number of nitrogens with one attached hydrogen (secondary N) is 1. The molecule has 0 spiro atoms. The van der Waals surface area contributed by atoms with Gasteiger partial charge in [0.25, 0.3) is 0 Å². The maximum atomic E-state index is 8.76. The Bertz CT molecular complexity index is 379. The van der Waals surface area contributed by atoms with Crippen molar-refractivity contribution in [2.45, 2.75) is 25.9 Å². The number of aliphatic hydroxyl groups excluding tert-OH is 1. The number of pyridine rings is 1. The first kappa shape index (κ1) is 14.1. The topological polar surface area (TPSA) is 57.6 Å². The van der Waals surface area contributed by atoms with Crippen LogP contribution in [0.2, 0.25) is 0 Å². The molecular formula is C14H23N3O2. The second-order valence-corrected chi connectivity index (χ2v) is 4.69. The third-order valence-corrected chi connectivity index (χ3v) is 3.30. The van der Waals surface area contributed by atoms with E-state index < -0.39 is 0 Å². The molecule has 0 radical (unpaired) electrons. The lowest BCUT2D eigenvalue weighted by Gasteiger charge is -2.32. The first-order chi connectivity index (χ1) is 9.33. The van der Waals surface area contributed by atoms with Crippen molar-refractivity contribution < 1.29 is 9.84 Å². The van der Waals surface area contributed by atoms with E-state index in [4.69, 9.17) is 9.84 Å². The Morgan fingerprint density at radius 3 is 2.89 bits per heavy atom. The first-order valence-electron chi connectivity index (χ1n) is 7.02. The molecule has 1 aliphatic heterocycles. The van der Waals surface area contributed by atoms with E-state index >= 15 is 0 Å². The molecule has 0 aromatic carbocycles. The van der Waals surface area contributed by atoms with Crippen molar-refractivity contribution in [2.75, 3.05) is 43.1 Å². The highest BCUT2D eigenvalue weighted by Gasteiger charge is 2.20. The fourth-order valence-corrected chi connectivity index (χ4v) is 2.35. The quantitative estimate of drug-likeness (QED) is 0.816. The number of anilines is 2. The van der Waals surface area contributed by atoms with Crippen LogP contribution in [0, 0.1) is 0 Å². The lowest BCUT2D eigenvalue weighted by molar-refractivity contribution is 0.0158. The van der Waals surface area contributed by atoms with Gasteiger partial charge in [0.2, 0.25) is 0 Å². The summed E-state index contributed by atoms with van der Waals surface area (Å²) in [7, 11) is 0. The summed E-state index contributed by atoms with van der Waals surface area (Å²) in [6, 6.07) is 6.08. The highest BCUT2D eigenvalue weighted by molar-refractivity contribution is 5.47.